The van der Waals surface area contributed by atoms with Gasteiger partial charge in [-0.2, -0.15) is 0 Å². The second kappa shape index (κ2) is 5.35. The topological polar surface area (TPSA) is 9.23 Å². The van der Waals surface area contributed by atoms with Gasteiger partial charge in [-0.15, -0.1) is 0 Å². The van der Waals surface area contributed by atoms with Gasteiger partial charge in [0.05, 0.1) is 6.26 Å². The van der Waals surface area contributed by atoms with Gasteiger partial charge >= 0.3 is 0 Å². The van der Waals surface area contributed by atoms with Crippen molar-refractivity contribution >= 4 is 23.2 Å². The predicted octanol–water partition coefficient (Wildman–Crippen LogP) is 5.34. The van der Waals surface area contributed by atoms with Crippen molar-refractivity contribution < 1.29 is 4.74 Å². The second-order valence-corrected chi connectivity index (χ2v) is 5.37. The van der Waals surface area contributed by atoms with E-state index < -0.39 is 5.60 Å². The van der Waals surface area contributed by atoms with Crippen LogP contribution in [0.4, 0.5) is 0 Å². The van der Waals surface area contributed by atoms with E-state index in [1.165, 1.54) is 0 Å². The Morgan fingerprint density at radius 3 is 2.25 bits per heavy atom. The number of benzene rings is 2. The van der Waals surface area contributed by atoms with Crippen LogP contribution in [0.3, 0.4) is 0 Å². The maximum absolute atomic E-state index is 6.36. The van der Waals surface area contributed by atoms with Gasteiger partial charge in [0.1, 0.15) is 0 Å². The third-order valence-electron chi connectivity index (χ3n) is 3.32. The Bertz CT molecular complexity index is 674. The van der Waals surface area contributed by atoms with Gasteiger partial charge in [0.2, 0.25) is 0 Å². The summed E-state index contributed by atoms with van der Waals surface area (Å²) in [5.41, 5.74) is 1.18. The molecule has 100 valence electrons. The molecular weight excluding hydrogens is 291 g/mol. The van der Waals surface area contributed by atoms with E-state index >= 15 is 0 Å². The number of hydrogen-bond donors (Lipinski definition) is 0. The van der Waals surface area contributed by atoms with Crippen molar-refractivity contribution in [2.24, 2.45) is 0 Å². The Balaban J connectivity index is 2.20. The summed E-state index contributed by atoms with van der Waals surface area (Å²) < 4.78 is 5.96. The van der Waals surface area contributed by atoms with E-state index in [0.717, 1.165) is 11.1 Å². The molecule has 3 heteroatoms. The molecule has 2 aromatic rings. The summed E-state index contributed by atoms with van der Waals surface area (Å²) in [4.78, 5) is 0. The molecule has 1 aliphatic heterocycles. The first-order chi connectivity index (χ1) is 9.72. The van der Waals surface area contributed by atoms with Crippen molar-refractivity contribution in [3.8, 4) is 0 Å². The van der Waals surface area contributed by atoms with E-state index in [9.17, 15) is 0 Å². The maximum atomic E-state index is 6.36. The van der Waals surface area contributed by atoms with Crippen LogP contribution in [0.25, 0.3) is 0 Å². The van der Waals surface area contributed by atoms with E-state index in [2.05, 4.69) is 0 Å². The van der Waals surface area contributed by atoms with Crippen molar-refractivity contribution in [3.05, 3.63) is 94.2 Å². The van der Waals surface area contributed by atoms with Crippen molar-refractivity contribution in [2.75, 3.05) is 0 Å². The van der Waals surface area contributed by atoms with Gasteiger partial charge in [-0.25, -0.2) is 0 Å². The third kappa shape index (κ3) is 2.24. The highest BCUT2D eigenvalue weighted by Crippen LogP contribution is 2.40. The highest BCUT2D eigenvalue weighted by Gasteiger charge is 2.35. The van der Waals surface area contributed by atoms with Crippen LogP contribution in [0.15, 0.2) is 73.0 Å². The van der Waals surface area contributed by atoms with Crippen molar-refractivity contribution in [3.63, 3.8) is 0 Å². The minimum Gasteiger partial charge on any atom is -0.481 e. The van der Waals surface area contributed by atoms with Crippen LogP contribution in [-0.4, -0.2) is 0 Å². The maximum Gasteiger partial charge on any atom is 0.178 e. The van der Waals surface area contributed by atoms with Crippen LogP contribution in [0.2, 0.25) is 10.0 Å². The molecule has 1 atom stereocenters. The van der Waals surface area contributed by atoms with Crippen LogP contribution in [0.1, 0.15) is 11.1 Å². The summed E-state index contributed by atoms with van der Waals surface area (Å²) in [6.07, 6.45) is 7.49. The lowest BCUT2D eigenvalue weighted by atomic mass is 9.85. The van der Waals surface area contributed by atoms with Crippen LogP contribution < -0.4 is 0 Å². The number of ether oxygens (including phenoxy) is 1. The molecule has 0 saturated heterocycles. The van der Waals surface area contributed by atoms with E-state index in [4.69, 9.17) is 27.9 Å². The third-order valence-corrected chi connectivity index (χ3v) is 3.90. The first kappa shape index (κ1) is 13.3. The molecule has 0 aliphatic carbocycles. The van der Waals surface area contributed by atoms with Crippen LogP contribution in [-0.2, 0) is 10.3 Å². The van der Waals surface area contributed by atoms with Gasteiger partial charge in [0, 0.05) is 21.2 Å². The molecule has 1 nitrogen and oxygen atoms in total. The summed E-state index contributed by atoms with van der Waals surface area (Å²) in [6.45, 7) is 0. The predicted molar refractivity (Wildman–Crippen MR) is 83.0 cm³/mol. The molecule has 0 saturated carbocycles. The highest BCUT2D eigenvalue weighted by atomic mass is 35.5. The smallest absolute Gasteiger partial charge is 0.178 e. The van der Waals surface area contributed by atoms with Gasteiger partial charge in [0.15, 0.2) is 5.60 Å². The molecule has 1 heterocycles. The summed E-state index contributed by atoms with van der Waals surface area (Å²) in [5.74, 6) is 0. The fourth-order valence-corrected chi connectivity index (χ4v) is 2.76. The SMILES string of the molecule is Clc1ccc(C2(c3ccccc3Cl)C=CC=CO2)cc1. The Kier molecular flexibility index (Phi) is 3.56. The van der Waals surface area contributed by atoms with E-state index in [0.29, 0.717) is 10.0 Å². The first-order valence-electron chi connectivity index (χ1n) is 6.26. The van der Waals surface area contributed by atoms with E-state index in [-0.39, 0.29) is 0 Å². The zero-order valence-electron chi connectivity index (χ0n) is 10.6. The summed E-state index contributed by atoms with van der Waals surface area (Å²) in [7, 11) is 0. The van der Waals surface area contributed by atoms with Crippen molar-refractivity contribution in [1.82, 2.24) is 0 Å². The normalized spacial score (nSPS) is 20.7. The quantitative estimate of drug-likeness (QED) is 0.728. The van der Waals surface area contributed by atoms with Crippen molar-refractivity contribution in [2.45, 2.75) is 5.60 Å². The highest BCUT2D eigenvalue weighted by molar-refractivity contribution is 6.31. The minimum absolute atomic E-state index is 0.669. The van der Waals surface area contributed by atoms with Gasteiger partial charge in [-0.1, -0.05) is 59.6 Å². The monoisotopic (exact) mass is 302 g/mol. The Labute approximate surface area is 128 Å². The summed E-state index contributed by atoms with van der Waals surface area (Å²) in [5, 5.41) is 1.36. The van der Waals surface area contributed by atoms with Crippen LogP contribution >= 0.6 is 23.2 Å². The van der Waals surface area contributed by atoms with E-state index in [1.54, 1.807) is 6.26 Å². The second-order valence-electron chi connectivity index (χ2n) is 4.53. The zero-order chi connectivity index (χ0) is 14.0. The van der Waals surface area contributed by atoms with Gasteiger partial charge in [-0.3, -0.25) is 0 Å². The Morgan fingerprint density at radius 1 is 0.850 bits per heavy atom. The molecule has 1 aliphatic rings. The number of halogens is 2. The Hall–Kier alpha value is -1.70. The largest absolute Gasteiger partial charge is 0.481 e. The zero-order valence-corrected chi connectivity index (χ0v) is 12.1. The molecular formula is C17H12Cl2O. The molecule has 0 spiro atoms. The molecule has 2 aromatic carbocycles. The molecule has 0 fully saturated rings. The Morgan fingerprint density at radius 2 is 1.60 bits per heavy atom. The molecule has 0 bridgehead atoms. The number of hydrogen-bond acceptors (Lipinski definition) is 1. The van der Waals surface area contributed by atoms with Gasteiger partial charge in [-0.05, 0) is 30.4 Å². The molecule has 0 N–H and O–H groups in total. The lowest BCUT2D eigenvalue weighted by Gasteiger charge is -2.33. The number of allylic oxidation sites excluding steroid dienone is 2. The number of rotatable bonds is 2. The van der Waals surface area contributed by atoms with Crippen LogP contribution in [0.5, 0.6) is 0 Å². The lowest BCUT2D eigenvalue weighted by Crippen LogP contribution is -2.28. The van der Waals surface area contributed by atoms with Gasteiger partial charge in [0.25, 0.3) is 0 Å². The minimum atomic E-state index is -0.711. The molecule has 3 rings (SSSR count). The summed E-state index contributed by atoms with van der Waals surface area (Å²) in [6, 6.07) is 15.3. The molecule has 1 unspecified atom stereocenters. The van der Waals surface area contributed by atoms with Crippen molar-refractivity contribution in [1.29, 1.82) is 0 Å². The fourth-order valence-electron chi connectivity index (χ4n) is 2.36. The average Bonchev–Trinajstić information content (AvgIpc) is 2.49. The van der Waals surface area contributed by atoms with E-state index in [1.807, 2.05) is 66.8 Å². The fraction of sp³-hybridized carbons (Fsp3) is 0.0588. The molecule has 0 aromatic heterocycles. The standard InChI is InChI=1S/C17H12Cl2O/c18-14-9-7-13(8-10-14)17(11-3-4-12-20-17)15-5-1-2-6-16(15)19/h1-12H. The van der Waals surface area contributed by atoms with Crippen LogP contribution in [0, 0.1) is 0 Å². The molecule has 0 amide bonds. The average molecular weight is 303 g/mol. The lowest BCUT2D eigenvalue weighted by molar-refractivity contribution is 0.102. The molecule has 0 radical (unpaired) electrons. The first-order valence-corrected chi connectivity index (χ1v) is 7.01. The summed E-state index contributed by atoms with van der Waals surface area (Å²) >= 11 is 12.3. The van der Waals surface area contributed by atoms with Gasteiger partial charge < -0.3 is 4.74 Å². The molecule has 20 heavy (non-hydrogen) atoms.